The number of benzene rings is 2. The molecule has 4 rings (SSSR count). The average Bonchev–Trinajstić information content (AvgIpc) is 2.98. The molecular weight excluding hydrogens is 467 g/mol. The van der Waals surface area contributed by atoms with Gasteiger partial charge in [-0.1, -0.05) is 38.4 Å². The molecule has 0 saturated heterocycles. The first-order valence-corrected chi connectivity index (χ1v) is 11.8. The number of nitrogens with one attached hydrogen (secondary N) is 1. The summed E-state index contributed by atoms with van der Waals surface area (Å²) in [5, 5.41) is 4.23. The zero-order valence-corrected chi connectivity index (χ0v) is 20.4. The maximum atomic E-state index is 13.3. The molecule has 1 aliphatic heterocycles. The Hall–Kier alpha value is -2.12. The van der Waals surface area contributed by atoms with Crippen molar-refractivity contribution >= 4 is 46.1 Å². The van der Waals surface area contributed by atoms with E-state index < -0.39 is 17.3 Å². The molecule has 2 aromatic rings. The molecular formula is C25H27ClF3N3S. The van der Waals surface area contributed by atoms with Gasteiger partial charge in [0.15, 0.2) is 0 Å². The van der Waals surface area contributed by atoms with E-state index in [1.807, 2.05) is 29.2 Å². The van der Waals surface area contributed by atoms with Gasteiger partial charge in [-0.2, -0.15) is 13.2 Å². The largest absolute Gasteiger partial charge is 0.416 e. The van der Waals surface area contributed by atoms with E-state index in [2.05, 4.69) is 31.1 Å². The Kier molecular flexibility index (Phi) is 6.25. The van der Waals surface area contributed by atoms with Crippen LogP contribution in [-0.4, -0.2) is 16.5 Å². The fraction of sp³-hybridized carbons (Fsp3) is 0.440. The third-order valence-electron chi connectivity index (χ3n) is 6.84. The summed E-state index contributed by atoms with van der Waals surface area (Å²) in [5.74, 6) is 1.15. The van der Waals surface area contributed by atoms with Gasteiger partial charge in [0.05, 0.1) is 5.56 Å². The molecule has 1 heterocycles. The minimum atomic E-state index is -4.41. The van der Waals surface area contributed by atoms with Gasteiger partial charge in [0, 0.05) is 16.4 Å². The van der Waals surface area contributed by atoms with Gasteiger partial charge in [-0.3, -0.25) is 0 Å². The molecule has 0 amide bonds. The summed E-state index contributed by atoms with van der Waals surface area (Å²) in [7, 11) is 0. The van der Waals surface area contributed by atoms with E-state index in [1.54, 1.807) is 6.07 Å². The molecule has 3 nitrogen and oxygen atoms in total. The van der Waals surface area contributed by atoms with Gasteiger partial charge >= 0.3 is 6.18 Å². The molecule has 0 radical (unpaired) electrons. The summed E-state index contributed by atoms with van der Waals surface area (Å²) in [5.41, 5.74) is 0.164. The summed E-state index contributed by atoms with van der Waals surface area (Å²) < 4.78 is 39.8. The number of hydrogen-bond acceptors (Lipinski definition) is 2. The van der Waals surface area contributed by atoms with Gasteiger partial charge in [-0.25, -0.2) is 4.99 Å². The van der Waals surface area contributed by atoms with Crippen LogP contribution in [-0.2, 0) is 6.18 Å². The van der Waals surface area contributed by atoms with Crippen LogP contribution in [0.25, 0.3) is 0 Å². The lowest BCUT2D eigenvalue weighted by atomic mass is 9.66. The van der Waals surface area contributed by atoms with Crippen molar-refractivity contribution in [3.8, 4) is 0 Å². The second-order valence-corrected chi connectivity index (χ2v) is 10.7. The molecule has 0 bridgehead atoms. The lowest BCUT2D eigenvalue weighted by Crippen LogP contribution is -2.56. The van der Waals surface area contributed by atoms with Gasteiger partial charge in [0.25, 0.3) is 0 Å². The van der Waals surface area contributed by atoms with Gasteiger partial charge < -0.3 is 10.2 Å². The van der Waals surface area contributed by atoms with Gasteiger partial charge in [0.1, 0.15) is 11.4 Å². The number of hydrogen-bond donors (Lipinski definition) is 1. The molecule has 0 aromatic heterocycles. The minimum absolute atomic E-state index is 0.178. The number of rotatable bonds is 2. The maximum Gasteiger partial charge on any atom is 0.416 e. The van der Waals surface area contributed by atoms with Crippen molar-refractivity contribution in [2.24, 2.45) is 16.3 Å². The maximum absolute atomic E-state index is 13.3. The summed E-state index contributed by atoms with van der Waals surface area (Å²) in [6.45, 7) is 6.76. The molecule has 2 aromatic carbocycles. The number of amidine groups is 1. The SMILES string of the molecule is CC(C)(C)C1CCC2(CC1)C(Nc1cccc(C(F)(F)F)c1)=NC(=S)N2c1ccc(Cl)cc1. The summed E-state index contributed by atoms with van der Waals surface area (Å²) >= 11 is 11.8. The molecule has 1 aliphatic carbocycles. The molecule has 2 aliphatic rings. The molecule has 1 spiro atoms. The third kappa shape index (κ3) is 4.76. The Morgan fingerprint density at radius 3 is 2.27 bits per heavy atom. The second kappa shape index (κ2) is 8.58. The highest BCUT2D eigenvalue weighted by atomic mass is 35.5. The van der Waals surface area contributed by atoms with Crippen molar-refractivity contribution < 1.29 is 13.2 Å². The number of anilines is 2. The van der Waals surface area contributed by atoms with E-state index in [0.29, 0.717) is 27.6 Å². The molecule has 1 N–H and O–H groups in total. The Balaban J connectivity index is 1.71. The molecule has 176 valence electrons. The van der Waals surface area contributed by atoms with Crippen molar-refractivity contribution in [3.05, 3.63) is 59.1 Å². The number of nitrogens with zero attached hydrogens (tertiary/aromatic N) is 2. The Morgan fingerprint density at radius 2 is 1.70 bits per heavy atom. The van der Waals surface area contributed by atoms with Crippen molar-refractivity contribution in [1.82, 2.24) is 0 Å². The van der Waals surface area contributed by atoms with Crippen LogP contribution in [0.15, 0.2) is 53.5 Å². The lowest BCUT2D eigenvalue weighted by molar-refractivity contribution is -0.137. The summed E-state index contributed by atoms with van der Waals surface area (Å²) in [4.78, 5) is 6.72. The summed E-state index contributed by atoms with van der Waals surface area (Å²) in [6, 6.07) is 12.7. The Bertz CT molecular complexity index is 1070. The zero-order chi connectivity index (χ0) is 24.0. The average molecular weight is 494 g/mol. The van der Waals surface area contributed by atoms with Crippen LogP contribution in [0.1, 0.15) is 52.0 Å². The lowest BCUT2D eigenvalue weighted by Gasteiger charge is -2.47. The topological polar surface area (TPSA) is 27.6 Å². The van der Waals surface area contributed by atoms with E-state index in [4.69, 9.17) is 23.8 Å². The highest BCUT2D eigenvalue weighted by Crippen LogP contribution is 2.48. The molecule has 1 saturated carbocycles. The van der Waals surface area contributed by atoms with Crippen LogP contribution in [0.4, 0.5) is 24.5 Å². The van der Waals surface area contributed by atoms with Gasteiger partial charge in [0.2, 0.25) is 5.11 Å². The first kappa shape index (κ1) is 24.0. The monoisotopic (exact) mass is 493 g/mol. The first-order chi connectivity index (χ1) is 15.4. The van der Waals surface area contributed by atoms with Crippen LogP contribution in [0, 0.1) is 11.3 Å². The number of halogens is 4. The number of thiocarbonyl (C=S) groups is 1. The molecule has 1 fully saturated rings. The van der Waals surface area contributed by atoms with Crippen LogP contribution in [0.5, 0.6) is 0 Å². The normalized spacial score (nSPS) is 23.7. The van der Waals surface area contributed by atoms with E-state index in [9.17, 15) is 13.2 Å². The van der Waals surface area contributed by atoms with Gasteiger partial charge in [-0.15, -0.1) is 0 Å². The number of aliphatic imine (C=N–C) groups is 1. The molecule has 33 heavy (non-hydrogen) atoms. The fourth-order valence-corrected chi connectivity index (χ4v) is 5.46. The fourth-order valence-electron chi connectivity index (χ4n) is 4.96. The quantitative estimate of drug-likeness (QED) is 0.430. The predicted molar refractivity (Wildman–Crippen MR) is 133 cm³/mol. The van der Waals surface area contributed by atoms with E-state index in [1.165, 1.54) is 6.07 Å². The van der Waals surface area contributed by atoms with E-state index >= 15 is 0 Å². The molecule has 0 unspecified atom stereocenters. The standard InChI is InChI=1S/C25H27ClF3N3S/c1-23(2,3)16-11-13-24(14-12-16)21(30-19-6-4-5-17(15-19)25(27,28)29)31-22(33)32(24)20-9-7-18(26)8-10-20/h4-10,15-16H,11-14H2,1-3H3,(H,30,31,33). The minimum Gasteiger partial charge on any atom is -0.342 e. The van der Waals surface area contributed by atoms with Crippen molar-refractivity contribution in [1.29, 1.82) is 0 Å². The number of alkyl halides is 3. The zero-order valence-electron chi connectivity index (χ0n) is 18.8. The highest BCUT2D eigenvalue weighted by molar-refractivity contribution is 7.80. The Morgan fingerprint density at radius 1 is 1.06 bits per heavy atom. The van der Waals surface area contributed by atoms with Crippen molar-refractivity contribution in [2.75, 3.05) is 10.2 Å². The van der Waals surface area contributed by atoms with Gasteiger partial charge in [-0.05, 0) is 91.7 Å². The van der Waals surface area contributed by atoms with Crippen molar-refractivity contribution in [3.63, 3.8) is 0 Å². The van der Waals surface area contributed by atoms with E-state index in [0.717, 1.165) is 43.5 Å². The second-order valence-electron chi connectivity index (χ2n) is 9.93. The van der Waals surface area contributed by atoms with Crippen molar-refractivity contribution in [2.45, 2.75) is 58.2 Å². The van der Waals surface area contributed by atoms with Crippen LogP contribution in [0.2, 0.25) is 5.02 Å². The predicted octanol–water partition coefficient (Wildman–Crippen LogP) is 7.95. The molecule has 0 atom stereocenters. The Labute approximate surface area is 203 Å². The highest BCUT2D eigenvalue weighted by Gasteiger charge is 2.51. The van der Waals surface area contributed by atoms with Crippen LogP contribution >= 0.6 is 23.8 Å². The van der Waals surface area contributed by atoms with Crippen LogP contribution in [0.3, 0.4) is 0 Å². The first-order valence-electron chi connectivity index (χ1n) is 11.0. The third-order valence-corrected chi connectivity index (χ3v) is 7.37. The smallest absolute Gasteiger partial charge is 0.342 e. The summed E-state index contributed by atoms with van der Waals surface area (Å²) in [6.07, 6.45) is -0.883. The van der Waals surface area contributed by atoms with Crippen LogP contribution < -0.4 is 10.2 Å². The molecule has 8 heteroatoms. The van der Waals surface area contributed by atoms with E-state index in [-0.39, 0.29) is 5.41 Å².